The first-order chi connectivity index (χ1) is 11.0. The highest BCUT2D eigenvalue weighted by molar-refractivity contribution is 5.87. The average molecular weight is 324 g/mol. The molecule has 1 saturated heterocycles. The van der Waals surface area contributed by atoms with Crippen molar-refractivity contribution in [2.75, 3.05) is 26.2 Å². The zero-order valence-electron chi connectivity index (χ0n) is 13.6. The number of amides is 1. The number of carboxylic acid groups (broad SMARTS) is 1. The molecule has 0 radical (unpaired) electrons. The highest BCUT2D eigenvalue weighted by Crippen LogP contribution is 2.10. The van der Waals surface area contributed by atoms with E-state index in [0.29, 0.717) is 38.5 Å². The molecule has 1 aliphatic heterocycles. The first-order valence-corrected chi connectivity index (χ1v) is 7.94. The molecule has 8 heteroatoms. The van der Waals surface area contributed by atoms with E-state index in [0.717, 1.165) is 18.5 Å². The van der Waals surface area contributed by atoms with Crippen LogP contribution >= 0.6 is 0 Å². The van der Waals surface area contributed by atoms with Crippen molar-refractivity contribution in [3.8, 4) is 0 Å². The lowest BCUT2D eigenvalue weighted by molar-refractivity contribution is 0.0511. The first kappa shape index (κ1) is 17.3. The number of piperazine rings is 1. The quantitative estimate of drug-likeness (QED) is 0.761. The lowest BCUT2D eigenvalue weighted by Crippen LogP contribution is -2.52. The van der Waals surface area contributed by atoms with Crippen molar-refractivity contribution in [3.05, 3.63) is 17.5 Å². The number of aryl methyl sites for hydroxylation is 2. The van der Waals surface area contributed by atoms with Crippen LogP contribution in [0.2, 0.25) is 0 Å². The molecular formula is C15H24N4O4. The van der Waals surface area contributed by atoms with E-state index in [4.69, 9.17) is 9.84 Å². The van der Waals surface area contributed by atoms with Crippen molar-refractivity contribution in [3.63, 3.8) is 0 Å². The van der Waals surface area contributed by atoms with Crippen LogP contribution in [0.3, 0.4) is 0 Å². The Balaban J connectivity index is 1.86. The largest absolute Gasteiger partial charge is 0.465 e. The number of aromatic nitrogens is 2. The van der Waals surface area contributed by atoms with E-state index in [1.54, 1.807) is 17.7 Å². The van der Waals surface area contributed by atoms with Crippen LogP contribution in [-0.4, -0.2) is 64.1 Å². The van der Waals surface area contributed by atoms with Gasteiger partial charge in [0.1, 0.15) is 5.69 Å². The van der Waals surface area contributed by atoms with Crippen molar-refractivity contribution in [1.29, 1.82) is 0 Å². The normalized spacial score (nSPS) is 18.0. The standard InChI is InChI=1S/C15H24N4O4/c1-3-23-14(20)13-9-11(2)17-19(13)7-4-5-12-10-18(15(21)22)8-6-16-12/h9,12,16H,3-8,10H2,1-2H3,(H,21,22)/t12-/m1/s1. The number of carbonyl (C=O) groups is 2. The molecule has 1 aliphatic rings. The number of ether oxygens (including phenoxy) is 1. The van der Waals surface area contributed by atoms with Gasteiger partial charge in [0.15, 0.2) is 0 Å². The summed E-state index contributed by atoms with van der Waals surface area (Å²) >= 11 is 0. The van der Waals surface area contributed by atoms with E-state index in [-0.39, 0.29) is 12.0 Å². The van der Waals surface area contributed by atoms with Crippen LogP contribution in [0.5, 0.6) is 0 Å². The molecular weight excluding hydrogens is 300 g/mol. The fraction of sp³-hybridized carbons (Fsp3) is 0.667. The fourth-order valence-electron chi connectivity index (χ4n) is 2.77. The van der Waals surface area contributed by atoms with Crippen molar-refractivity contribution < 1.29 is 19.4 Å². The van der Waals surface area contributed by atoms with Gasteiger partial charge in [0.05, 0.1) is 12.3 Å². The molecule has 0 unspecified atom stereocenters. The van der Waals surface area contributed by atoms with Crippen LogP contribution in [0.25, 0.3) is 0 Å². The minimum atomic E-state index is -0.871. The smallest absolute Gasteiger partial charge is 0.407 e. The van der Waals surface area contributed by atoms with Crippen LogP contribution in [0.4, 0.5) is 4.79 Å². The summed E-state index contributed by atoms with van der Waals surface area (Å²) in [6.07, 6.45) is 0.757. The Bertz CT molecular complexity index is 558. The van der Waals surface area contributed by atoms with Crippen LogP contribution in [0.1, 0.15) is 35.9 Å². The van der Waals surface area contributed by atoms with E-state index in [2.05, 4.69) is 10.4 Å². The Labute approximate surface area is 135 Å². The third kappa shape index (κ3) is 4.69. The van der Waals surface area contributed by atoms with E-state index in [1.807, 2.05) is 6.92 Å². The van der Waals surface area contributed by atoms with Gasteiger partial charge in [-0.25, -0.2) is 9.59 Å². The highest BCUT2D eigenvalue weighted by Gasteiger charge is 2.22. The van der Waals surface area contributed by atoms with Crippen LogP contribution in [-0.2, 0) is 11.3 Å². The molecule has 1 atom stereocenters. The second-order valence-corrected chi connectivity index (χ2v) is 5.64. The predicted molar refractivity (Wildman–Crippen MR) is 83.5 cm³/mol. The Morgan fingerprint density at radius 1 is 1.52 bits per heavy atom. The number of nitrogens with one attached hydrogen (secondary N) is 1. The summed E-state index contributed by atoms with van der Waals surface area (Å²) in [7, 11) is 0. The summed E-state index contributed by atoms with van der Waals surface area (Å²) in [5, 5.41) is 16.7. The zero-order chi connectivity index (χ0) is 16.8. The van der Waals surface area contributed by atoms with Crippen molar-refractivity contribution in [2.45, 2.75) is 39.3 Å². The monoisotopic (exact) mass is 324 g/mol. The topological polar surface area (TPSA) is 96.7 Å². The van der Waals surface area contributed by atoms with Gasteiger partial charge in [-0.15, -0.1) is 0 Å². The number of rotatable bonds is 6. The molecule has 1 fully saturated rings. The number of hydrogen-bond donors (Lipinski definition) is 2. The highest BCUT2D eigenvalue weighted by atomic mass is 16.5. The zero-order valence-corrected chi connectivity index (χ0v) is 13.6. The van der Waals surface area contributed by atoms with Gasteiger partial charge >= 0.3 is 12.1 Å². The second-order valence-electron chi connectivity index (χ2n) is 5.64. The van der Waals surface area contributed by atoms with Crippen molar-refractivity contribution >= 4 is 12.1 Å². The molecule has 1 aromatic rings. The Hall–Kier alpha value is -2.09. The summed E-state index contributed by atoms with van der Waals surface area (Å²) in [5.41, 5.74) is 1.24. The van der Waals surface area contributed by atoms with Gasteiger partial charge in [0, 0.05) is 32.2 Å². The number of esters is 1. The summed E-state index contributed by atoms with van der Waals surface area (Å²) in [6.45, 7) is 6.25. The lowest BCUT2D eigenvalue weighted by Gasteiger charge is -2.31. The average Bonchev–Trinajstić information content (AvgIpc) is 2.89. The lowest BCUT2D eigenvalue weighted by atomic mass is 10.1. The Morgan fingerprint density at radius 3 is 3.00 bits per heavy atom. The molecule has 0 spiro atoms. The number of nitrogens with zero attached hydrogens (tertiary/aromatic N) is 3. The Kier molecular flexibility index (Phi) is 5.97. The van der Waals surface area contributed by atoms with Crippen molar-refractivity contribution in [1.82, 2.24) is 20.0 Å². The van der Waals surface area contributed by atoms with Crippen LogP contribution < -0.4 is 5.32 Å². The summed E-state index contributed by atoms with van der Waals surface area (Å²) in [6, 6.07) is 1.87. The minimum Gasteiger partial charge on any atom is -0.465 e. The van der Waals surface area contributed by atoms with E-state index >= 15 is 0 Å². The third-order valence-electron chi connectivity index (χ3n) is 3.84. The van der Waals surface area contributed by atoms with Crippen LogP contribution in [0.15, 0.2) is 6.07 Å². The molecule has 1 aromatic heterocycles. The van der Waals surface area contributed by atoms with Gasteiger partial charge in [-0.3, -0.25) is 4.68 Å². The SMILES string of the molecule is CCOC(=O)c1cc(C)nn1CCC[C@@H]1CN(C(=O)O)CCN1. The van der Waals surface area contributed by atoms with E-state index < -0.39 is 6.09 Å². The number of hydrogen-bond acceptors (Lipinski definition) is 5. The summed E-state index contributed by atoms with van der Waals surface area (Å²) in [5.74, 6) is -0.360. The number of carbonyl (C=O) groups excluding carboxylic acids is 1. The molecule has 128 valence electrons. The van der Waals surface area contributed by atoms with Gasteiger partial charge in [-0.1, -0.05) is 0 Å². The maximum atomic E-state index is 11.9. The molecule has 2 heterocycles. The molecule has 0 saturated carbocycles. The molecule has 0 bridgehead atoms. The summed E-state index contributed by atoms with van der Waals surface area (Å²) < 4.78 is 6.71. The van der Waals surface area contributed by atoms with Crippen LogP contribution in [0, 0.1) is 6.92 Å². The van der Waals surface area contributed by atoms with Gasteiger partial charge in [-0.2, -0.15) is 5.10 Å². The molecule has 23 heavy (non-hydrogen) atoms. The molecule has 2 rings (SSSR count). The molecule has 8 nitrogen and oxygen atoms in total. The van der Waals surface area contributed by atoms with Gasteiger partial charge in [-0.05, 0) is 32.8 Å². The predicted octanol–water partition coefficient (Wildman–Crippen LogP) is 1.10. The molecule has 0 aromatic carbocycles. The van der Waals surface area contributed by atoms with Gasteiger partial charge in [0.2, 0.25) is 0 Å². The maximum absolute atomic E-state index is 11.9. The third-order valence-corrected chi connectivity index (χ3v) is 3.84. The van der Waals surface area contributed by atoms with Gasteiger partial charge < -0.3 is 20.1 Å². The molecule has 2 N–H and O–H groups in total. The molecule has 0 aliphatic carbocycles. The second kappa shape index (κ2) is 7.96. The fourth-order valence-corrected chi connectivity index (χ4v) is 2.77. The van der Waals surface area contributed by atoms with Gasteiger partial charge in [0.25, 0.3) is 0 Å². The Morgan fingerprint density at radius 2 is 2.30 bits per heavy atom. The first-order valence-electron chi connectivity index (χ1n) is 7.94. The minimum absolute atomic E-state index is 0.141. The van der Waals surface area contributed by atoms with E-state index in [1.165, 1.54) is 4.90 Å². The molecule has 1 amide bonds. The maximum Gasteiger partial charge on any atom is 0.407 e. The summed E-state index contributed by atoms with van der Waals surface area (Å²) in [4.78, 5) is 24.3. The van der Waals surface area contributed by atoms with Crippen molar-refractivity contribution in [2.24, 2.45) is 0 Å². The van der Waals surface area contributed by atoms with E-state index in [9.17, 15) is 9.59 Å².